The molecule has 1 aliphatic heterocycles. The summed E-state index contributed by atoms with van der Waals surface area (Å²) >= 11 is 0. The molecule has 1 atom stereocenters. The van der Waals surface area contributed by atoms with Gasteiger partial charge in [0.25, 0.3) is 0 Å². The highest BCUT2D eigenvalue weighted by atomic mass is 19.1. The Morgan fingerprint density at radius 1 is 1.07 bits per heavy atom. The third kappa shape index (κ3) is 5.82. The molecule has 7 heteroatoms. The summed E-state index contributed by atoms with van der Waals surface area (Å²) in [6.45, 7) is 2.13. The van der Waals surface area contributed by atoms with E-state index in [1.807, 2.05) is 0 Å². The number of ether oxygens (including phenoxy) is 3. The summed E-state index contributed by atoms with van der Waals surface area (Å²) in [7, 11) is 3.08. The summed E-state index contributed by atoms with van der Waals surface area (Å²) < 4.78 is 30.3. The minimum absolute atomic E-state index is 0.117. The van der Waals surface area contributed by atoms with Gasteiger partial charge < -0.3 is 29.3 Å². The van der Waals surface area contributed by atoms with Crippen LogP contribution in [0.3, 0.4) is 0 Å². The molecule has 0 aliphatic carbocycles. The van der Waals surface area contributed by atoms with Gasteiger partial charge in [0.1, 0.15) is 35.8 Å². The van der Waals surface area contributed by atoms with E-state index < -0.39 is 6.10 Å². The summed E-state index contributed by atoms with van der Waals surface area (Å²) in [6.07, 6.45) is 0.545. The van der Waals surface area contributed by atoms with Crippen molar-refractivity contribution in [3.05, 3.63) is 42.2 Å². The molecule has 0 aromatic heterocycles. The number of nitrogens with zero attached hydrogens (tertiary/aromatic N) is 1. The molecule has 158 valence electrons. The van der Waals surface area contributed by atoms with Crippen LogP contribution in [0.4, 0.5) is 4.39 Å². The van der Waals surface area contributed by atoms with Gasteiger partial charge in [0.15, 0.2) is 0 Å². The van der Waals surface area contributed by atoms with Crippen LogP contribution < -0.4 is 14.2 Å². The Hall–Kier alpha value is -2.35. The van der Waals surface area contributed by atoms with Gasteiger partial charge in [-0.25, -0.2) is 4.39 Å². The van der Waals surface area contributed by atoms with Crippen LogP contribution in [0.15, 0.2) is 36.4 Å². The van der Waals surface area contributed by atoms with E-state index in [0.717, 1.165) is 25.9 Å². The average molecular weight is 405 g/mol. The van der Waals surface area contributed by atoms with Crippen molar-refractivity contribution in [2.24, 2.45) is 0 Å². The molecular formula is C22H28FNO5. The van der Waals surface area contributed by atoms with Gasteiger partial charge in [0.05, 0.1) is 20.3 Å². The molecule has 1 heterocycles. The van der Waals surface area contributed by atoms with Crippen molar-refractivity contribution in [3.8, 4) is 28.4 Å². The van der Waals surface area contributed by atoms with Crippen molar-refractivity contribution in [2.75, 3.05) is 40.5 Å². The number of aliphatic hydroxyl groups excluding tert-OH is 2. The summed E-state index contributed by atoms with van der Waals surface area (Å²) in [5, 5.41) is 19.9. The van der Waals surface area contributed by atoms with Crippen LogP contribution in [0.25, 0.3) is 11.1 Å². The van der Waals surface area contributed by atoms with Crippen LogP contribution in [-0.2, 0) is 0 Å². The summed E-state index contributed by atoms with van der Waals surface area (Å²) in [4.78, 5) is 2.12. The monoisotopic (exact) mass is 405 g/mol. The second-order valence-corrected chi connectivity index (χ2v) is 7.24. The lowest BCUT2D eigenvalue weighted by Crippen LogP contribution is -2.41. The van der Waals surface area contributed by atoms with Gasteiger partial charge in [0, 0.05) is 31.3 Å². The van der Waals surface area contributed by atoms with E-state index in [2.05, 4.69) is 4.90 Å². The second kappa shape index (κ2) is 9.91. The topological polar surface area (TPSA) is 71.4 Å². The maximum atomic E-state index is 13.8. The molecule has 0 amide bonds. The minimum atomic E-state index is -0.663. The molecule has 1 saturated heterocycles. The van der Waals surface area contributed by atoms with Gasteiger partial charge in [-0.1, -0.05) is 0 Å². The lowest BCUT2D eigenvalue weighted by molar-refractivity contribution is 0.0337. The number of β-amino-alcohol motifs (C(OH)–C–C–N with tert-alkyl or cyclic N) is 1. The van der Waals surface area contributed by atoms with Crippen LogP contribution in [0.5, 0.6) is 17.2 Å². The van der Waals surface area contributed by atoms with Gasteiger partial charge >= 0.3 is 0 Å². The molecule has 0 bridgehead atoms. The molecule has 1 unspecified atom stereocenters. The van der Waals surface area contributed by atoms with Crippen molar-refractivity contribution in [2.45, 2.75) is 25.0 Å². The van der Waals surface area contributed by atoms with Crippen molar-refractivity contribution >= 4 is 0 Å². The highest BCUT2D eigenvalue weighted by Crippen LogP contribution is 2.35. The Bertz CT molecular complexity index is 808. The van der Waals surface area contributed by atoms with Crippen LogP contribution in [0.2, 0.25) is 0 Å². The van der Waals surface area contributed by atoms with E-state index in [-0.39, 0.29) is 18.5 Å². The number of piperidine rings is 1. The summed E-state index contributed by atoms with van der Waals surface area (Å²) in [5.41, 5.74) is 1.28. The van der Waals surface area contributed by atoms with E-state index in [9.17, 15) is 14.6 Å². The first kappa shape index (κ1) is 21.4. The maximum absolute atomic E-state index is 13.8. The zero-order valence-corrected chi connectivity index (χ0v) is 16.8. The Balaban J connectivity index is 1.70. The van der Waals surface area contributed by atoms with Crippen molar-refractivity contribution in [1.82, 2.24) is 4.90 Å². The van der Waals surface area contributed by atoms with E-state index in [1.165, 1.54) is 19.2 Å². The standard InChI is InChI=1S/C22H28FNO5/c1-27-19-9-15(21-11-16(23)3-4-22(21)28-2)10-20(12-19)29-14-18(26)13-24-7-5-17(25)6-8-24/h3-4,9-12,17-18,25-26H,5-8,13-14H2,1-2H3. The van der Waals surface area contributed by atoms with E-state index in [4.69, 9.17) is 14.2 Å². The molecule has 29 heavy (non-hydrogen) atoms. The third-order valence-corrected chi connectivity index (χ3v) is 5.06. The molecule has 2 N–H and O–H groups in total. The average Bonchev–Trinajstić information content (AvgIpc) is 2.73. The van der Waals surface area contributed by atoms with E-state index in [1.54, 1.807) is 31.4 Å². The zero-order valence-electron chi connectivity index (χ0n) is 16.8. The van der Waals surface area contributed by atoms with Crippen LogP contribution >= 0.6 is 0 Å². The first-order valence-electron chi connectivity index (χ1n) is 9.72. The van der Waals surface area contributed by atoms with Crippen molar-refractivity contribution in [3.63, 3.8) is 0 Å². The number of methoxy groups -OCH3 is 2. The molecule has 2 aromatic carbocycles. The van der Waals surface area contributed by atoms with Gasteiger partial charge in [-0.3, -0.25) is 0 Å². The second-order valence-electron chi connectivity index (χ2n) is 7.24. The van der Waals surface area contributed by atoms with Gasteiger partial charge in [0.2, 0.25) is 0 Å². The number of hydrogen-bond acceptors (Lipinski definition) is 6. The number of hydrogen-bond donors (Lipinski definition) is 2. The Labute approximate surface area is 170 Å². The number of benzene rings is 2. The molecule has 6 nitrogen and oxygen atoms in total. The van der Waals surface area contributed by atoms with Gasteiger partial charge in [-0.2, -0.15) is 0 Å². The number of halogens is 1. The van der Waals surface area contributed by atoms with E-state index in [0.29, 0.717) is 34.9 Å². The van der Waals surface area contributed by atoms with Crippen LogP contribution in [-0.4, -0.2) is 67.8 Å². The largest absolute Gasteiger partial charge is 0.497 e. The molecule has 2 aromatic rings. The quantitative estimate of drug-likeness (QED) is 0.704. The summed E-state index contributed by atoms with van der Waals surface area (Å²) in [5.74, 6) is 1.24. The fraction of sp³-hybridized carbons (Fsp3) is 0.455. The number of likely N-dealkylation sites (tertiary alicyclic amines) is 1. The SMILES string of the molecule is COc1cc(OCC(O)CN2CCC(O)CC2)cc(-c2cc(F)ccc2OC)c1. The Kier molecular flexibility index (Phi) is 7.30. The minimum Gasteiger partial charge on any atom is -0.497 e. The Morgan fingerprint density at radius 2 is 1.79 bits per heavy atom. The predicted molar refractivity (Wildman–Crippen MR) is 108 cm³/mol. The van der Waals surface area contributed by atoms with Crippen LogP contribution in [0.1, 0.15) is 12.8 Å². The molecule has 1 fully saturated rings. The number of aliphatic hydroxyl groups is 2. The molecule has 0 saturated carbocycles. The van der Waals surface area contributed by atoms with Crippen LogP contribution in [0, 0.1) is 5.82 Å². The first-order valence-corrected chi connectivity index (χ1v) is 9.72. The molecule has 1 aliphatic rings. The summed E-state index contributed by atoms with van der Waals surface area (Å²) in [6, 6.07) is 9.58. The first-order chi connectivity index (χ1) is 14.0. The fourth-order valence-corrected chi connectivity index (χ4v) is 3.48. The Morgan fingerprint density at radius 3 is 2.48 bits per heavy atom. The molecule has 3 rings (SSSR count). The molecule has 0 spiro atoms. The zero-order chi connectivity index (χ0) is 20.8. The highest BCUT2D eigenvalue weighted by molar-refractivity contribution is 5.73. The maximum Gasteiger partial charge on any atom is 0.126 e. The lowest BCUT2D eigenvalue weighted by atomic mass is 10.0. The fourth-order valence-electron chi connectivity index (χ4n) is 3.48. The molecular weight excluding hydrogens is 377 g/mol. The van der Waals surface area contributed by atoms with Crippen molar-refractivity contribution in [1.29, 1.82) is 0 Å². The van der Waals surface area contributed by atoms with Crippen molar-refractivity contribution < 1.29 is 28.8 Å². The lowest BCUT2D eigenvalue weighted by Gasteiger charge is -2.30. The van der Waals surface area contributed by atoms with E-state index >= 15 is 0 Å². The van der Waals surface area contributed by atoms with Gasteiger partial charge in [-0.15, -0.1) is 0 Å². The van der Waals surface area contributed by atoms with Gasteiger partial charge in [-0.05, 0) is 48.7 Å². The molecule has 0 radical (unpaired) electrons. The predicted octanol–water partition coefficient (Wildman–Crippen LogP) is 2.71. The highest BCUT2D eigenvalue weighted by Gasteiger charge is 2.20. The number of rotatable bonds is 8. The normalized spacial score (nSPS) is 16.4. The third-order valence-electron chi connectivity index (χ3n) is 5.06. The smallest absolute Gasteiger partial charge is 0.126 e.